The number of nitrogens with one attached hydrogen (secondary N) is 1. The molecule has 1 aromatic heterocycles. The molecular formula is C19H15N3O2. The van der Waals surface area contributed by atoms with Gasteiger partial charge in [-0.25, -0.2) is 9.78 Å². The summed E-state index contributed by atoms with van der Waals surface area (Å²) in [5, 5.41) is 14.1. The number of pyridine rings is 1. The van der Waals surface area contributed by atoms with Gasteiger partial charge in [-0.1, -0.05) is 36.4 Å². The molecule has 24 heavy (non-hydrogen) atoms. The molecule has 3 rings (SSSR count). The van der Waals surface area contributed by atoms with E-state index in [1.165, 1.54) is 6.20 Å². The first kappa shape index (κ1) is 15.5. The Morgan fingerprint density at radius 2 is 1.75 bits per heavy atom. The van der Waals surface area contributed by atoms with Crippen molar-refractivity contribution >= 4 is 33.5 Å². The molecule has 3 aromatic rings. The third-order valence-electron chi connectivity index (χ3n) is 3.56. The molecule has 0 bridgehead atoms. The summed E-state index contributed by atoms with van der Waals surface area (Å²) in [5.74, 6) is -0.643. The van der Waals surface area contributed by atoms with Crippen molar-refractivity contribution in [2.75, 3.05) is 11.9 Å². The van der Waals surface area contributed by atoms with Crippen LogP contribution in [-0.2, 0) is 9.53 Å². The van der Waals surface area contributed by atoms with Gasteiger partial charge in [0.05, 0.1) is 23.3 Å². The van der Waals surface area contributed by atoms with Gasteiger partial charge < -0.3 is 10.1 Å². The SMILES string of the molecule is CCOC(=O)/C(C#N)=C\Nc1c2ccccc2nc2ccccc12. The Bertz CT molecular complexity index is 933. The Kier molecular flexibility index (Phi) is 4.39. The van der Waals surface area contributed by atoms with E-state index in [2.05, 4.69) is 10.3 Å². The molecule has 0 atom stereocenters. The summed E-state index contributed by atoms with van der Waals surface area (Å²) in [6.07, 6.45) is 1.38. The molecule has 0 saturated heterocycles. The minimum absolute atomic E-state index is 0.0816. The molecule has 1 N–H and O–H groups in total. The van der Waals surface area contributed by atoms with E-state index in [-0.39, 0.29) is 12.2 Å². The molecule has 0 aliphatic rings. The van der Waals surface area contributed by atoms with Gasteiger partial charge in [0, 0.05) is 17.0 Å². The summed E-state index contributed by atoms with van der Waals surface area (Å²) in [4.78, 5) is 16.4. The fourth-order valence-corrected chi connectivity index (χ4v) is 2.49. The van der Waals surface area contributed by atoms with Gasteiger partial charge in [-0.15, -0.1) is 0 Å². The molecule has 118 valence electrons. The Morgan fingerprint density at radius 3 is 2.29 bits per heavy atom. The number of aromatic nitrogens is 1. The normalized spacial score (nSPS) is 11.2. The molecule has 0 fully saturated rings. The van der Waals surface area contributed by atoms with Crippen molar-refractivity contribution < 1.29 is 9.53 Å². The molecule has 0 radical (unpaired) electrons. The maximum absolute atomic E-state index is 11.8. The number of nitriles is 1. The number of fused-ring (bicyclic) bond motifs is 2. The number of benzene rings is 2. The van der Waals surface area contributed by atoms with Crippen LogP contribution in [0.15, 0.2) is 60.3 Å². The Hall–Kier alpha value is -3.39. The highest BCUT2D eigenvalue weighted by Gasteiger charge is 2.11. The zero-order valence-electron chi connectivity index (χ0n) is 13.1. The molecule has 0 aliphatic heterocycles. The number of rotatable bonds is 4. The molecule has 2 aromatic carbocycles. The Labute approximate surface area is 139 Å². The van der Waals surface area contributed by atoms with Gasteiger partial charge in [-0.05, 0) is 19.1 Å². The zero-order valence-corrected chi connectivity index (χ0v) is 13.1. The second-order valence-corrected chi connectivity index (χ2v) is 5.06. The van der Waals surface area contributed by atoms with Crippen LogP contribution in [0.4, 0.5) is 5.69 Å². The average Bonchev–Trinajstić information content (AvgIpc) is 2.61. The highest BCUT2D eigenvalue weighted by atomic mass is 16.5. The van der Waals surface area contributed by atoms with Gasteiger partial charge >= 0.3 is 5.97 Å². The van der Waals surface area contributed by atoms with E-state index in [1.54, 1.807) is 6.92 Å². The topological polar surface area (TPSA) is 75.0 Å². The van der Waals surface area contributed by atoms with Crippen LogP contribution in [0.25, 0.3) is 21.8 Å². The molecule has 0 saturated carbocycles. The lowest BCUT2D eigenvalue weighted by molar-refractivity contribution is -0.138. The molecule has 1 heterocycles. The summed E-state index contributed by atoms with van der Waals surface area (Å²) >= 11 is 0. The molecule has 0 aliphatic carbocycles. The van der Waals surface area contributed by atoms with Gasteiger partial charge in [0.15, 0.2) is 5.57 Å². The third-order valence-corrected chi connectivity index (χ3v) is 3.56. The fourth-order valence-electron chi connectivity index (χ4n) is 2.49. The second kappa shape index (κ2) is 6.80. The summed E-state index contributed by atoms with van der Waals surface area (Å²) in [6, 6.07) is 17.3. The van der Waals surface area contributed by atoms with Gasteiger partial charge in [-0.3, -0.25) is 0 Å². The first-order chi connectivity index (χ1) is 11.7. The van der Waals surface area contributed by atoms with E-state index in [4.69, 9.17) is 10.00 Å². The zero-order chi connectivity index (χ0) is 16.9. The van der Waals surface area contributed by atoms with Gasteiger partial charge in [0.1, 0.15) is 6.07 Å². The maximum atomic E-state index is 11.8. The number of ether oxygens (including phenoxy) is 1. The lowest BCUT2D eigenvalue weighted by Crippen LogP contribution is -2.08. The predicted molar refractivity (Wildman–Crippen MR) is 93.2 cm³/mol. The second-order valence-electron chi connectivity index (χ2n) is 5.06. The molecule has 5 nitrogen and oxygen atoms in total. The molecule has 0 spiro atoms. The monoisotopic (exact) mass is 317 g/mol. The number of hydrogen-bond acceptors (Lipinski definition) is 5. The summed E-state index contributed by atoms with van der Waals surface area (Å²) < 4.78 is 4.88. The number of anilines is 1. The molecule has 5 heteroatoms. The van der Waals surface area contributed by atoms with E-state index >= 15 is 0 Å². The Morgan fingerprint density at radius 1 is 1.17 bits per heavy atom. The highest BCUT2D eigenvalue weighted by molar-refractivity contribution is 6.08. The largest absolute Gasteiger partial charge is 0.462 e. The number of hydrogen-bond donors (Lipinski definition) is 1. The minimum Gasteiger partial charge on any atom is -0.462 e. The molecular weight excluding hydrogens is 302 g/mol. The Balaban J connectivity index is 2.13. The smallest absolute Gasteiger partial charge is 0.350 e. The highest BCUT2D eigenvalue weighted by Crippen LogP contribution is 2.30. The van der Waals surface area contributed by atoms with E-state index < -0.39 is 5.97 Å². The van der Waals surface area contributed by atoms with Gasteiger partial charge in [-0.2, -0.15) is 5.26 Å². The summed E-state index contributed by atoms with van der Waals surface area (Å²) in [6.45, 7) is 1.92. The minimum atomic E-state index is -0.643. The standard InChI is InChI=1S/C19H15N3O2/c1-2-24-19(23)13(11-20)12-21-18-14-7-3-5-9-16(14)22-17-10-6-4-8-15(17)18/h3-10,12H,2H2,1H3,(H,21,22)/b13-12-. The lowest BCUT2D eigenvalue weighted by Gasteiger charge is -2.11. The van der Waals surface area contributed by atoms with Crippen LogP contribution in [0.2, 0.25) is 0 Å². The number of carbonyl (C=O) groups excluding carboxylic acids is 1. The number of carbonyl (C=O) groups is 1. The van der Waals surface area contributed by atoms with Crippen molar-refractivity contribution in [3.05, 3.63) is 60.3 Å². The van der Waals surface area contributed by atoms with Crippen LogP contribution < -0.4 is 5.32 Å². The van der Waals surface area contributed by atoms with Crippen LogP contribution in [0.1, 0.15) is 6.92 Å². The van der Waals surface area contributed by atoms with Crippen LogP contribution in [0.5, 0.6) is 0 Å². The van der Waals surface area contributed by atoms with Crippen molar-refractivity contribution in [3.63, 3.8) is 0 Å². The van der Waals surface area contributed by atoms with Crippen molar-refractivity contribution in [2.24, 2.45) is 0 Å². The predicted octanol–water partition coefficient (Wildman–Crippen LogP) is 3.77. The first-order valence-electron chi connectivity index (χ1n) is 7.56. The van der Waals surface area contributed by atoms with Crippen molar-refractivity contribution in [1.82, 2.24) is 4.98 Å². The fraction of sp³-hybridized carbons (Fsp3) is 0.105. The van der Waals surface area contributed by atoms with Crippen molar-refractivity contribution in [1.29, 1.82) is 5.26 Å². The summed E-state index contributed by atoms with van der Waals surface area (Å²) in [5.41, 5.74) is 2.39. The van der Waals surface area contributed by atoms with Crippen molar-refractivity contribution in [2.45, 2.75) is 6.92 Å². The molecule has 0 amide bonds. The summed E-state index contributed by atoms with van der Waals surface area (Å²) in [7, 11) is 0. The molecule has 0 unspecified atom stereocenters. The van der Waals surface area contributed by atoms with Crippen LogP contribution in [-0.4, -0.2) is 17.6 Å². The van der Waals surface area contributed by atoms with Crippen LogP contribution in [0, 0.1) is 11.3 Å². The number of esters is 1. The van der Waals surface area contributed by atoms with Crippen LogP contribution >= 0.6 is 0 Å². The van der Waals surface area contributed by atoms with Crippen molar-refractivity contribution in [3.8, 4) is 6.07 Å². The number of nitrogens with zero attached hydrogens (tertiary/aromatic N) is 2. The maximum Gasteiger partial charge on any atom is 0.350 e. The van der Waals surface area contributed by atoms with Gasteiger partial charge in [0.2, 0.25) is 0 Å². The van der Waals surface area contributed by atoms with Crippen LogP contribution in [0.3, 0.4) is 0 Å². The lowest BCUT2D eigenvalue weighted by atomic mass is 10.1. The third kappa shape index (κ3) is 2.90. The van der Waals surface area contributed by atoms with E-state index in [9.17, 15) is 4.79 Å². The van der Waals surface area contributed by atoms with E-state index in [0.717, 1.165) is 27.5 Å². The first-order valence-corrected chi connectivity index (χ1v) is 7.56. The quantitative estimate of drug-likeness (QED) is 0.343. The average molecular weight is 317 g/mol. The van der Waals surface area contributed by atoms with E-state index in [1.807, 2.05) is 54.6 Å². The number of para-hydroxylation sites is 2. The van der Waals surface area contributed by atoms with E-state index in [0.29, 0.717) is 0 Å². The van der Waals surface area contributed by atoms with Gasteiger partial charge in [0.25, 0.3) is 0 Å².